The maximum atomic E-state index is 12.1. The molecule has 0 aromatic heterocycles. The first-order valence-electron chi connectivity index (χ1n) is 6.85. The molecule has 2 rings (SSSR count). The van der Waals surface area contributed by atoms with E-state index in [1.165, 1.54) is 4.90 Å². The molecule has 7 heteroatoms. The molecular formula is C13H22N4O3. The van der Waals surface area contributed by atoms with Crippen molar-refractivity contribution in [3.05, 3.63) is 0 Å². The summed E-state index contributed by atoms with van der Waals surface area (Å²) in [5.74, 6) is -0.277. The van der Waals surface area contributed by atoms with Gasteiger partial charge in [0.2, 0.25) is 5.91 Å². The Hall–Kier alpha value is -1.63. The van der Waals surface area contributed by atoms with Crippen LogP contribution in [-0.2, 0) is 9.59 Å². The van der Waals surface area contributed by atoms with Crippen LogP contribution in [0.15, 0.2) is 0 Å². The first-order chi connectivity index (χ1) is 9.20. The van der Waals surface area contributed by atoms with Crippen LogP contribution in [0.3, 0.4) is 0 Å². The summed E-state index contributed by atoms with van der Waals surface area (Å²) < 4.78 is 0. The van der Waals surface area contributed by atoms with E-state index < -0.39 is 17.1 Å². The predicted octanol–water partition coefficient (Wildman–Crippen LogP) is -0.440. The highest BCUT2D eigenvalue weighted by Crippen LogP contribution is 2.39. The van der Waals surface area contributed by atoms with E-state index >= 15 is 0 Å². The minimum Gasteiger partial charge on any atom is -0.348 e. The standard InChI is InChI=1S/C13H22N4O3/c1-12(2)10(19)15-11(20)17(12)6-9(18)16-13(3,7-14)8-4-5-8/h8H,4-7,14H2,1-3H3,(H,16,18)(H,15,19,20). The van der Waals surface area contributed by atoms with Crippen LogP contribution in [0.2, 0.25) is 0 Å². The zero-order valence-electron chi connectivity index (χ0n) is 12.2. The topological polar surface area (TPSA) is 105 Å². The fourth-order valence-corrected chi connectivity index (χ4v) is 2.51. The van der Waals surface area contributed by atoms with Gasteiger partial charge in [-0.3, -0.25) is 14.9 Å². The molecule has 1 aliphatic heterocycles. The molecule has 112 valence electrons. The van der Waals surface area contributed by atoms with E-state index in [1.54, 1.807) is 13.8 Å². The van der Waals surface area contributed by atoms with Crippen molar-refractivity contribution in [2.24, 2.45) is 11.7 Å². The van der Waals surface area contributed by atoms with Crippen molar-refractivity contribution < 1.29 is 14.4 Å². The number of amides is 4. The molecule has 2 fully saturated rings. The summed E-state index contributed by atoms with van der Waals surface area (Å²) in [4.78, 5) is 36.7. The van der Waals surface area contributed by atoms with Crippen molar-refractivity contribution in [2.45, 2.75) is 44.7 Å². The van der Waals surface area contributed by atoms with Gasteiger partial charge in [-0.2, -0.15) is 0 Å². The highest BCUT2D eigenvalue weighted by Gasteiger charge is 2.47. The molecule has 1 saturated carbocycles. The quantitative estimate of drug-likeness (QED) is 0.595. The van der Waals surface area contributed by atoms with E-state index in [0.29, 0.717) is 12.5 Å². The first-order valence-corrected chi connectivity index (χ1v) is 6.85. The van der Waals surface area contributed by atoms with Crippen LogP contribution in [0, 0.1) is 5.92 Å². The molecule has 1 unspecified atom stereocenters. The maximum absolute atomic E-state index is 12.1. The highest BCUT2D eigenvalue weighted by atomic mass is 16.2. The third-order valence-electron chi connectivity index (χ3n) is 4.33. The molecule has 0 aromatic rings. The predicted molar refractivity (Wildman–Crippen MR) is 72.6 cm³/mol. The fourth-order valence-electron chi connectivity index (χ4n) is 2.51. The molecular weight excluding hydrogens is 260 g/mol. The maximum Gasteiger partial charge on any atom is 0.325 e. The molecule has 1 heterocycles. The van der Waals surface area contributed by atoms with Crippen LogP contribution < -0.4 is 16.4 Å². The summed E-state index contributed by atoms with van der Waals surface area (Å²) in [6.07, 6.45) is 2.12. The average Bonchev–Trinajstić information content (AvgIpc) is 3.16. The van der Waals surface area contributed by atoms with Crippen LogP contribution in [0.1, 0.15) is 33.6 Å². The van der Waals surface area contributed by atoms with Gasteiger partial charge in [0.15, 0.2) is 0 Å². The molecule has 0 spiro atoms. The van der Waals surface area contributed by atoms with Crippen LogP contribution >= 0.6 is 0 Å². The Labute approximate surface area is 118 Å². The lowest BCUT2D eigenvalue weighted by atomic mass is 9.96. The number of carbonyl (C=O) groups is 3. The Morgan fingerprint density at radius 2 is 2.10 bits per heavy atom. The lowest BCUT2D eigenvalue weighted by Gasteiger charge is -2.32. The second-order valence-electron chi connectivity index (χ2n) is 6.35. The minimum absolute atomic E-state index is 0.146. The van der Waals surface area contributed by atoms with Gasteiger partial charge in [-0.15, -0.1) is 0 Å². The van der Waals surface area contributed by atoms with Crippen LogP contribution in [0.5, 0.6) is 0 Å². The number of nitrogens with one attached hydrogen (secondary N) is 2. The molecule has 0 aromatic carbocycles. The molecule has 1 atom stereocenters. The molecule has 1 aliphatic carbocycles. The van der Waals surface area contributed by atoms with Crippen LogP contribution in [0.25, 0.3) is 0 Å². The number of hydrogen-bond donors (Lipinski definition) is 3. The van der Waals surface area contributed by atoms with Gasteiger partial charge in [0, 0.05) is 6.54 Å². The first kappa shape index (κ1) is 14.8. The van der Waals surface area contributed by atoms with Gasteiger partial charge in [0.05, 0.1) is 5.54 Å². The van der Waals surface area contributed by atoms with E-state index in [0.717, 1.165) is 12.8 Å². The zero-order valence-corrected chi connectivity index (χ0v) is 12.2. The van der Waals surface area contributed by atoms with Crippen molar-refractivity contribution in [1.29, 1.82) is 0 Å². The SMILES string of the molecule is CC(CN)(NC(=O)CN1C(=O)NC(=O)C1(C)C)C1CC1. The monoisotopic (exact) mass is 282 g/mol. The molecule has 20 heavy (non-hydrogen) atoms. The van der Waals surface area contributed by atoms with Crippen molar-refractivity contribution in [3.63, 3.8) is 0 Å². The minimum atomic E-state index is -1.01. The normalized spacial score (nSPS) is 24.3. The second kappa shape index (κ2) is 4.73. The summed E-state index contributed by atoms with van der Waals surface area (Å²) in [5.41, 5.74) is 4.31. The smallest absolute Gasteiger partial charge is 0.325 e. The Morgan fingerprint density at radius 3 is 2.50 bits per heavy atom. The number of rotatable bonds is 5. The summed E-state index contributed by atoms with van der Waals surface area (Å²) in [5, 5.41) is 5.13. The molecule has 4 N–H and O–H groups in total. The zero-order chi connectivity index (χ0) is 15.1. The van der Waals surface area contributed by atoms with Gasteiger partial charge in [0.25, 0.3) is 5.91 Å². The number of nitrogens with two attached hydrogens (primary N) is 1. The lowest BCUT2D eigenvalue weighted by molar-refractivity contribution is -0.127. The number of carbonyl (C=O) groups excluding carboxylic acids is 3. The van der Waals surface area contributed by atoms with Crippen molar-refractivity contribution in [2.75, 3.05) is 13.1 Å². The summed E-state index contributed by atoms with van der Waals surface area (Å²) in [6, 6.07) is -0.531. The van der Waals surface area contributed by atoms with Gasteiger partial charge >= 0.3 is 6.03 Å². The van der Waals surface area contributed by atoms with Gasteiger partial charge < -0.3 is 16.0 Å². The van der Waals surface area contributed by atoms with Gasteiger partial charge in [-0.05, 0) is 39.5 Å². The van der Waals surface area contributed by atoms with Gasteiger partial charge in [-0.25, -0.2) is 4.79 Å². The number of urea groups is 1. The molecule has 7 nitrogen and oxygen atoms in total. The molecule has 2 aliphatic rings. The Bertz CT molecular complexity index is 459. The third kappa shape index (κ3) is 2.49. The van der Waals surface area contributed by atoms with Gasteiger partial charge in [0.1, 0.15) is 12.1 Å². The molecule has 0 bridgehead atoms. The van der Waals surface area contributed by atoms with Crippen LogP contribution in [0.4, 0.5) is 4.79 Å². The Kier molecular flexibility index (Phi) is 3.49. The van der Waals surface area contributed by atoms with Crippen molar-refractivity contribution in [1.82, 2.24) is 15.5 Å². The fraction of sp³-hybridized carbons (Fsp3) is 0.769. The summed E-state index contributed by atoms with van der Waals surface area (Å²) in [7, 11) is 0. The van der Waals surface area contributed by atoms with Crippen LogP contribution in [-0.4, -0.2) is 46.9 Å². The Morgan fingerprint density at radius 1 is 1.50 bits per heavy atom. The largest absolute Gasteiger partial charge is 0.348 e. The van der Waals surface area contributed by atoms with E-state index in [-0.39, 0.29) is 18.4 Å². The number of hydrogen-bond acceptors (Lipinski definition) is 4. The highest BCUT2D eigenvalue weighted by molar-refractivity contribution is 6.07. The molecule has 1 saturated heterocycles. The van der Waals surface area contributed by atoms with Gasteiger partial charge in [-0.1, -0.05) is 0 Å². The third-order valence-corrected chi connectivity index (χ3v) is 4.33. The second-order valence-corrected chi connectivity index (χ2v) is 6.35. The molecule has 0 radical (unpaired) electrons. The Balaban J connectivity index is 2.01. The number of imide groups is 1. The number of nitrogens with zero attached hydrogens (tertiary/aromatic N) is 1. The summed E-state index contributed by atoms with van der Waals surface area (Å²) >= 11 is 0. The van der Waals surface area contributed by atoms with Crippen molar-refractivity contribution in [3.8, 4) is 0 Å². The van der Waals surface area contributed by atoms with E-state index in [2.05, 4.69) is 10.6 Å². The lowest BCUT2D eigenvalue weighted by Crippen LogP contribution is -2.57. The molecule has 4 amide bonds. The average molecular weight is 282 g/mol. The summed E-state index contributed by atoms with van der Waals surface area (Å²) in [6.45, 7) is 5.36. The van der Waals surface area contributed by atoms with Crippen molar-refractivity contribution >= 4 is 17.8 Å². The van der Waals surface area contributed by atoms with E-state index in [9.17, 15) is 14.4 Å². The van der Waals surface area contributed by atoms with E-state index in [1.807, 2.05) is 6.92 Å². The van der Waals surface area contributed by atoms with E-state index in [4.69, 9.17) is 5.73 Å².